The lowest BCUT2D eigenvalue weighted by Gasteiger charge is -2.16. The fourth-order valence-corrected chi connectivity index (χ4v) is 3.90. The Morgan fingerprint density at radius 3 is 2.67 bits per heavy atom. The molecule has 1 saturated heterocycles. The van der Waals surface area contributed by atoms with Gasteiger partial charge < -0.3 is 4.90 Å². The number of carbonyl (C=O) groups excluding carboxylic acids is 1. The van der Waals surface area contributed by atoms with Crippen molar-refractivity contribution in [1.82, 2.24) is 24.6 Å². The standard InChI is InChI=1S/C19H18FN5OS/c20-15-8-6-14(7-9-15)13-27-19-23-22-17(12-24-11-3-5-18(24)26)25(19)16-4-1-2-10-21-16/h1-2,4,6-10H,3,5,11-13H2. The molecule has 138 valence electrons. The highest BCUT2D eigenvalue weighted by atomic mass is 32.2. The summed E-state index contributed by atoms with van der Waals surface area (Å²) >= 11 is 1.50. The Labute approximate surface area is 160 Å². The molecule has 3 aromatic rings. The SMILES string of the molecule is O=C1CCCN1Cc1nnc(SCc2ccc(F)cc2)n1-c1ccccn1. The van der Waals surface area contributed by atoms with Crippen LogP contribution in [-0.4, -0.2) is 37.1 Å². The van der Waals surface area contributed by atoms with Crippen LogP contribution in [0.3, 0.4) is 0 Å². The Morgan fingerprint density at radius 1 is 1.11 bits per heavy atom. The zero-order valence-electron chi connectivity index (χ0n) is 14.6. The summed E-state index contributed by atoms with van der Waals surface area (Å²) in [6.45, 7) is 1.16. The van der Waals surface area contributed by atoms with Crippen LogP contribution in [0, 0.1) is 5.82 Å². The van der Waals surface area contributed by atoms with Crippen molar-refractivity contribution in [2.75, 3.05) is 6.54 Å². The predicted molar refractivity (Wildman–Crippen MR) is 99.8 cm³/mol. The fraction of sp³-hybridized carbons (Fsp3) is 0.263. The van der Waals surface area contributed by atoms with E-state index in [4.69, 9.17) is 0 Å². The van der Waals surface area contributed by atoms with Crippen molar-refractivity contribution in [2.24, 2.45) is 0 Å². The maximum Gasteiger partial charge on any atom is 0.223 e. The van der Waals surface area contributed by atoms with Crippen molar-refractivity contribution < 1.29 is 9.18 Å². The predicted octanol–water partition coefficient (Wildman–Crippen LogP) is 3.22. The van der Waals surface area contributed by atoms with E-state index in [1.54, 1.807) is 23.2 Å². The van der Waals surface area contributed by atoms with Crippen LogP contribution in [0.1, 0.15) is 24.2 Å². The van der Waals surface area contributed by atoms with E-state index in [1.165, 1.54) is 23.9 Å². The number of nitrogens with zero attached hydrogens (tertiary/aromatic N) is 5. The smallest absolute Gasteiger partial charge is 0.223 e. The van der Waals surface area contributed by atoms with Crippen LogP contribution in [0.25, 0.3) is 5.82 Å². The van der Waals surface area contributed by atoms with Crippen molar-refractivity contribution >= 4 is 17.7 Å². The number of likely N-dealkylation sites (tertiary alicyclic amines) is 1. The summed E-state index contributed by atoms with van der Waals surface area (Å²) in [7, 11) is 0. The number of aromatic nitrogens is 4. The third-order valence-corrected chi connectivity index (χ3v) is 5.36. The first-order valence-electron chi connectivity index (χ1n) is 8.71. The van der Waals surface area contributed by atoms with E-state index in [0.717, 1.165) is 18.5 Å². The second kappa shape index (κ2) is 7.87. The summed E-state index contributed by atoms with van der Waals surface area (Å²) in [6, 6.07) is 12.1. The Kier molecular flexibility index (Phi) is 5.15. The molecule has 2 aromatic heterocycles. The number of hydrogen-bond acceptors (Lipinski definition) is 5. The topological polar surface area (TPSA) is 63.9 Å². The van der Waals surface area contributed by atoms with Crippen molar-refractivity contribution in [1.29, 1.82) is 0 Å². The van der Waals surface area contributed by atoms with E-state index < -0.39 is 0 Å². The lowest BCUT2D eigenvalue weighted by molar-refractivity contribution is -0.128. The van der Waals surface area contributed by atoms with E-state index in [-0.39, 0.29) is 11.7 Å². The van der Waals surface area contributed by atoms with Gasteiger partial charge in [0.25, 0.3) is 0 Å². The molecule has 3 heterocycles. The average molecular weight is 383 g/mol. The molecule has 1 aromatic carbocycles. The maximum atomic E-state index is 13.1. The number of thioether (sulfide) groups is 1. The number of hydrogen-bond donors (Lipinski definition) is 0. The van der Waals surface area contributed by atoms with Crippen LogP contribution < -0.4 is 0 Å². The van der Waals surface area contributed by atoms with Gasteiger partial charge in [-0.2, -0.15) is 0 Å². The molecular formula is C19H18FN5OS. The second-order valence-corrected chi connectivity index (χ2v) is 7.20. The third kappa shape index (κ3) is 4.00. The van der Waals surface area contributed by atoms with Crippen molar-refractivity contribution in [3.8, 4) is 5.82 Å². The van der Waals surface area contributed by atoms with Gasteiger partial charge in [0.1, 0.15) is 11.6 Å². The first-order chi connectivity index (χ1) is 13.2. The molecular weight excluding hydrogens is 365 g/mol. The molecule has 0 N–H and O–H groups in total. The van der Waals surface area contributed by atoms with Crippen LogP contribution in [0.4, 0.5) is 4.39 Å². The molecule has 0 spiro atoms. The molecule has 0 bridgehead atoms. The molecule has 4 rings (SSSR count). The highest BCUT2D eigenvalue weighted by Crippen LogP contribution is 2.26. The molecule has 1 amide bonds. The number of rotatable bonds is 6. The highest BCUT2D eigenvalue weighted by molar-refractivity contribution is 7.98. The maximum absolute atomic E-state index is 13.1. The van der Waals surface area contributed by atoms with Gasteiger partial charge in [-0.05, 0) is 36.2 Å². The van der Waals surface area contributed by atoms with Gasteiger partial charge in [-0.1, -0.05) is 30.0 Å². The van der Waals surface area contributed by atoms with Crippen molar-refractivity contribution in [3.05, 3.63) is 65.9 Å². The van der Waals surface area contributed by atoms with Gasteiger partial charge in [0.05, 0.1) is 6.54 Å². The number of amides is 1. The molecule has 1 aliphatic rings. The molecule has 0 saturated carbocycles. The minimum absolute atomic E-state index is 0.145. The molecule has 0 unspecified atom stereocenters. The Hall–Kier alpha value is -2.74. The van der Waals surface area contributed by atoms with Crippen LogP contribution in [-0.2, 0) is 17.1 Å². The molecule has 0 aliphatic carbocycles. The van der Waals surface area contributed by atoms with Gasteiger partial charge in [0, 0.05) is 24.9 Å². The minimum atomic E-state index is -0.252. The van der Waals surface area contributed by atoms with Gasteiger partial charge in [-0.25, -0.2) is 9.37 Å². The Bertz CT molecular complexity index is 929. The quantitative estimate of drug-likeness (QED) is 0.612. The van der Waals surface area contributed by atoms with E-state index in [2.05, 4.69) is 15.2 Å². The number of halogens is 1. The van der Waals surface area contributed by atoms with E-state index in [9.17, 15) is 9.18 Å². The summed E-state index contributed by atoms with van der Waals surface area (Å²) in [5, 5.41) is 9.33. The molecule has 0 atom stereocenters. The molecule has 8 heteroatoms. The minimum Gasteiger partial charge on any atom is -0.335 e. The monoisotopic (exact) mass is 383 g/mol. The van der Waals surface area contributed by atoms with Gasteiger partial charge >= 0.3 is 0 Å². The lowest BCUT2D eigenvalue weighted by atomic mass is 10.2. The highest BCUT2D eigenvalue weighted by Gasteiger charge is 2.24. The van der Waals surface area contributed by atoms with Crippen LogP contribution in [0.2, 0.25) is 0 Å². The van der Waals surface area contributed by atoms with Crippen molar-refractivity contribution in [3.63, 3.8) is 0 Å². The third-order valence-electron chi connectivity index (χ3n) is 4.36. The van der Waals surface area contributed by atoms with E-state index >= 15 is 0 Å². The van der Waals surface area contributed by atoms with Crippen LogP contribution in [0.5, 0.6) is 0 Å². The summed E-state index contributed by atoms with van der Waals surface area (Å²) < 4.78 is 15.0. The fourth-order valence-electron chi connectivity index (χ4n) is 2.98. The van der Waals surface area contributed by atoms with Gasteiger partial charge in [0.15, 0.2) is 11.0 Å². The molecule has 6 nitrogen and oxygen atoms in total. The first-order valence-corrected chi connectivity index (χ1v) is 9.70. The second-order valence-electron chi connectivity index (χ2n) is 6.26. The normalized spacial score (nSPS) is 14.1. The summed E-state index contributed by atoms with van der Waals surface area (Å²) in [5.41, 5.74) is 0.994. The molecule has 0 radical (unpaired) electrons. The number of pyridine rings is 1. The number of benzene rings is 1. The van der Waals surface area contributed by atoms with E-state index in [0.29, 0.717) is 35.5 Å². The molecule has 1 fully saturated rings. The van der Waals surface area contributed by atoms with E-state index in [1.807, 2.05) is 22.8 Å². The molecule has 1 aliphatic heterocycles. The summed E-state index contributed by atoms with van der Waals surface area (Å²) in [5.74, 6) is 1.92. The molecule has 27 heavy (non-hydrogen) atoms. The number of carbonyl (C=O) groups is 1. The first kappa shape index (κ1) is 17.7. The largest absolute Gasteiger partial charge is 0.335 e. The van der Waals surface area contributed by atoms with Gasteiger partial charge in [0.2, 0.25) is 5.91 Å². The van der Waals surface area contributed by atoms with Gasteiger partial charge in [-0.3, -0.25) is 9.36 Å². The Morgan fingerprint density at radius 2 is 1.96 bits per heavy atom. The Balaban J connectivity index is 1.60. The van der Waals surface area contributed by atoms with Crippen LogP contribution >= 0.6 is 11.8 Å². The summed E-state index contributed by atoms with van der Waals surface area (Å²) in [4.78, 5) is 18.2. The average Bonchev–Trinajstić information content (AvgIpc) is 3.28. The lowest BCUT2D eigenvalue weighted by Crippen LogP contribution is -2.25. The zero-order chi connectivity index (χ0) is 18.6. The van der Waals surface area contributed by atoms with Gasteiger partial charge in [-0.15, -0.1) is 10.2 Å². The van der Waals surface area contributed by atoms with Crippen molar-refractivity contribution in [2.45, 2.75) is 30.3 Å². The summed E-state index contributed by atoms with van der Waals surface area (Å²) in [6.07, 6.45) is 3.18. The zero-order valence-corrected chi connectivity index (χ0v) is 15.4. The van der Waals surface area contributed by atoms with Crippen LogP contribution in [0.15, 0.2) is 53.8 Å².